The highest BCUT2D eigenvalue weighted by molar-refractivity contribution is 5.84. The van der Waals surface area contributed by atoms with Crippen LogP contribution >= 0.6 is 0 Å². The summed E-state index contributed by atoms with van der Waals surface area (Å²) < 4.78 is 0. The minimum Gasteiger partial charge on any atom is -0.480 e. The lowest BCUT2D eigenvalue weighted by molar-refractivity contribution is -0.142. The summed E-state index contributed by atoms with van der Waals surface area (Å²) in [7, 11) is 1.67. The Balaban J connectivity index is 3.83. The van der Waals surface area contributed by atoms with Crippen molar-refractivity contribution in [3.8, 4) is 0 Å². The van der Waals surface area contributed by atoms with Crippen LogP contribution < -0.4 is 5.73 Å². The van der Waals surface area contributed by atoms with Gasteiger partial charge in [0.1, 0.15) is 6.04 Å². The first-order chi connectivity index (χ1) is 6.99. The third-order valence-corrected chi connectivity index (χ3v) is 2.23. The maximum absolute atomic E-state index is 11.4. The van der Waals surface area contributed by atoms with Crippen LogP contribution in [0.4, 0.5) is 0 Å². The molecule has 1 amide bonds. The third kappa shape index (κ3) is 6.06. The van der Waals surface area contributed by atoms with Gasteiger partial charge < -0.3 is 15.7 Å². The van der Waals surface area contributed by atoms with Crippen molar-refractivity contribution in [1.29, 1.82) is 0 Å². The van der Waals surface area contributed by atoms with Crippen molar-refractivity contribution in [1.82, 2.24) is 4.90 Å². The molecule has 1 unspecified atom stereocenters. The third-order valence-electron chi connectivity index (χ3n) is 2.23. The summed E-state index contributed by atoms with van der Waals surface area (Å²) in [5, 5.41) is 8.53. The van der Waals surface area contributed by atoms with Crippen LogP contribution in [0.1, 0.15) is 32.6 Å². The Labute approximate surface area is 90.2 Å². The minimum atomic E-state index is -1.13. The van der Waals surface area contributed by atoms with E-state index in [-0.39, 0.29) is 12.3 Å². The predicted octanol–water partition coefficient (Wildman–Crippen LogP) is 0.437. The summed E-state index contributed by atoms with van der Waals surface area (Å²) in [5.41, 5.74) is 5.26. The number of rotatable bonds is 7. The molecule has 0 bridgehead atoms. The Morgan fingerprint density at radius 1 is 1.40 bits per heavy atom. The normalized spacial score (nSPS) is 12.2. The van der Waals surface area contributed by atoms with Crippen LogP contribution in [0.25, 0.3) is 0 Å². The number of carbonyl (C=O) groups excluding carboxylic acids is 1. The molecular weight excluding hydrogens is 196 g/mol. The standard InChI is InChI=1S/C10H20N2O3/c1-3-4-5-6-12(2)9(13)7-8(11)10(14)15/h8H,3-7,11H2,1-2H3,(H,14,15). The maximum atomic E-state index is 11.4. The van der Waals surface area contributed by atoms with Crippen LogP contribution in [0.2, 0.25) is 0 Å². The summed E-state index contributed by atoms with van der Waals surface area (Å²) in [6, 6.07) is -1.09. The maximum Gasteiger partial charge on any atom is 0.321 e. The smallest absolute Gasteiger partial charge is 0.321 e. The number of carbonyl (C=O) groups is 2. The topological polar surface area (TPSA) is 83.6 Å². The first-order valence-electron chi connectivity index (χ1n) is 5.21. The number of hydrogen-bond donors (Lipinski definition) is 2. The molecule has 3 N–H and O–H groups in total. The van der Waals surface area contributed by atoms with E-state index in [1.54, 1.807) is 11.9 Å². The van der Waals surface area contributed by atoms with Crippen LogP contribution in [0, 0.1) is 0 Å². The van der Waals surface area contributed by atoms with Gasteiger partial charge in [-0.15, -0.1) is 0 Å². The molecule has 0 aromatic heterocycles. The van der Waals surface area contributed by atoms with Crippen LogP contribution in [-0.2, 0) is 9.59 Å². The molecule has 0 aliphatic rings. The number of carboxylic acids is 1. The molecule has 0 aliphatic heterocycles. The van der Waals surface area contributed by atoms with Gasteiger partial charge in [0.15, 0.2) is 0 Å². The quantitative estimate of drug-likeness (QED) is 0.605. The van der Waals surface area contributed by atoms with Gasteiger partial charge in [0, 0.05) is 13.6 Å². The lowest BCUT2D eigenvalue weighted by Gasteiger charge is -2.17. The minimum absolute atomic E-state index is 0.127. The fourth-order valence-corrected chi connectivity index (χ4v) is 1.15. The van der Waals surface area contributed by atoms with E-state index in [4.69, 9.17) is 10.8 Å². The van der Waals surface area contributed by atoms with Crippen molar-refractivity contribution in [2.45, 2.75) is 38.6 Å². The van der Waals surface area contributed by atoms with E-state index < -0.39 is 12.0 Å². The van der Waals surface area contributed by atoms with E-state index >= 15 is 0 Å². The van der Waals surface area contributed by atoms with Gasteiger partial charge in [-0.25, -0.2) is 0 Å². The zero-order valence-corrected chi connectivity index (χ0v) is 9.40. The molecule has 0 heterocycles. The lowest BCUT2D eigenvalue weighted by Crippen LogP contribution is -2.38. The molecule has 88 valence electrons. The molecule has 0 saturated heterocycles. The van der Waals surface area contributed by atoms with Crippen LogP contribution in [0.3, 0.4) is 0 Å². The van der Waals surface area contributed by atoms with Gasteiger partial charge in [-0.1, -0.05) is 19.8 Å². The molecular formula is C10H20N2O3. The van der Waals surface area contributed by atoms with E-state index in [1.807, 2.05) is 0 Å². The average molecular weight is 216 g/mol. The Hall–Kier alpha value is -1.10. The first-order valence-corrected chi connectivity index (χ1v) is 5.21. The van der Waals surface area contributed by atoms with E-state index in [1.165, 1.54) is 0 Å². The average Bonchev–Trinajstić information content (AvgIpc) is 2.17. The first kappa shape index (κ1) is 13.9. The molecule has 0 aromatic carbocycles. The molecule has 0 aromatic rings. The summed E-state index contributed by atoms with van der Waals surface area (Å²) >= 11 is 0. The molecule has 0 fully saturated rings. The van der Waals surface area contributed by atoms with Crippen molar-refractivity contribution < 1.29 is 14.7 Å². The van der Waals surface area contributed by atoms with Crippen molar-refractivity contribution in [3.05, 3.63) is 0 Å². The molecule has 15 heavy (non-hydrogen) atoms. The molecule has 0 saturated carbocycles. The Kier molecular flexibility index (Phi) is 6.70. The van der Waals surface area contributed by atoms with Gasteiger partial charge in [-0.05, 0) is 6.42 Å². The Morgan fingerprint density at radius 3 is 2.47 bits per heavy atom. The largest absolute Gasteiger partial charge is 0.480 e. The molecule has 1 atom stereocenters. The number of amides is 1. The van der Waals surface area contributed by atoms with Crippen LogP contribution in [0.15, 0.2) is 0 Å². The second-order valence-corrected chi connectivity index (χ2v) is 3.67. The van der Waals surface area contributed by atoms with Gasteiger partial charge in [-0.3, -0.25) is 9.59 Å². The summed E-state index contributed by atoms with van der Waals surface area (Å²) in [6.45, 7) is 2.75. The van der Waals surface area contributed by atoms with Gasteiger partial charge in [0.05, 0.1) is 6.42 Å². The highest BCUT2D eigenvalue weighted by Gasteiger charge is 2.18. The van der Waals surface area contributed by atoms with E-state index in [0.717, 1.165) is 19.3 Å². The molecule has 0 radical (unpaired) electrons. The van der Waals surface area contributed by atoms with Gasteiger partial charge >= 0.3 is 5.97 Å². The number of unbranched alkanes of at least 4 members (excludes halogenated alkanes) is 2. The fourth-order valence-electron chi connectivity index (χ4n) is 1.15. The zero-order chi connectivity index (χ0) is 11.8. The molecule has 0 spiro atoms. The number of aliphatic carboxylic acids is 1. The number of nitrogens with zero attached hydrogens (tertiary/aromatic N) is 1. The second-order valence-electron chi connectivity index (χ2n) is 3.67. The van der Waals surface area contributed by atoms with Crippen molar-refractivity contribution in [3.63, 3.8) is 0 Å². The summed E-state index contributed by atoms with van der Waals surface area (Å²) in [4.78, 5) is 23.4. The molecule has 5 nitrogen and oxygen atoms in total. The number of nitrogens with two attached hydrogens (primary N) is 1. The van der Waals surface area contributed by atoms with Crippen molar-refractivity contribution in [2.24, 2.45) is 5.73 Å². The zero-order valence-electron chi connectivity index (χ0n) is 9.40. The van der Waals surface area contributed by atoms with Gasteiger partial charge in [0.25, 0.3) is 0 Å². The highest BCUT2D eigenvalue weighted by atomic mass is 16.4. The van der Waals surface area contributed by atoms with E-state index in [2.05, 4.69) is 6.92 Å². The van der Waals surface area contributed by atoms with Crippen molar-refractivity contribution >= 4 is 11.9 Å². The molecule has 5 heteroatoms. The summed E-state index contributed by atoms with van der Waals surface area (Å²) in [5.74, 6) is -1.34. The Morgan fingerprint density at radius 2 is 2.00 bits per heavy atom. The number of carboxylic acid groups (broad SMARTS) is 1. The molecule has 0 rings (SSSR count). The Bertz CT molecular complexity index is 219. The lowest BCUT2D eigenvalue weighted by atomic mass is 10.2. The molecule has 0 aliphatic carbocycles. The van der Waals surface area contributed by atoms with Gasteiger partial charge in [-0.2, -0.15) is 0 Å². The summed E-state index contributed by atoms with van der Waals surface area (Å²) in [6.07, 6.45) is 2.98. The van der Waals surface area contributed by atoms with Crippen LogP contribution in [0.5, 0.6) is 0 Å². The second kappa shape index (κ2) is 7.23. The monoisotopic (exact) mass is 216 g/mol. The van der Waals surface area contributed by atoms with Crippen LogP contribution in [-0.4, -0.2) is 41.5 Å². The number of hydrogen-bond acceptors (Lipinski definition) is 3. The van der Waals surface area contributed by atoms with Gasteiger partial charge in [0.2, 0.25) is 5.91 Å². The fraction of sp³-hybridized carbons (Fsp3) is 0.800. The van der Waals surface area contributed by atoms with E-state index in [0.29, 0.717) is 6.54 Å². The predicted molar refractivity (Wildman–Crippen MR) is 57.4 cm³/mol. The van der Waals surface area contributed by atoms with Crippen molar-refractivity contribution in [2.75, 3.05) is 13.6 Å². The highest BCUT2D eigenvalue weighted by Crippen LogP contribution is 2.00. The van der Waals surface area contributed by atoms with E-state index in [9.17, 15) is 9.59 Å². The SMILES string of the molecule is CCCCCN(C)C(=O)CC(N)C(=O)O.